The molecule has 0 spiro atoms. The fourth-order valence-electron chi connectivity index (χ4n) is 2.06. The predicted octanol–water partition coefficient (Wildman–Crippen LogP) is 1.51. The largest absolute Gasteiger partial charge is 0.508 e. The van der Waals surface area contributed by atoms with E-state index in [-0.39, 0.29) is 30.0 Å². The average Bonchev–Trinajstić information content (AvgIpc) is 2.41. The smallest absolute Gasteiger partial charge is 0.241 e. The first-order valence-corrected chi connectivity index (χ1v) is 6.10. The summed E-state index contributed by atoms with van der Waals surface area (Å²) < 4.78 is 5.25. The minimum atomic E-state index is -0.511. The van der Waals surface area contributed by atoms with E-state index < -0.39 is 6.04 Å². The second-order valence-corrected chi connectivity index (χ2v) is 4.51. The number of carbonyl (C=O) groups excluding carboxylic acids is 1. The summed E-state index contributed by atoms with van der Waals surface area (Å²) in [4.78, 5) is 12.0. The van der Waals surface area contributed by atoms with E-state index in [1.165, 1.54) is 12.1 Å². The zero-order valence-corrected chi connectivity index (χ0v) is 11.4. The third-order valence-electron chi connectivity index (χ3n) is 3.21. The van der Waals surface area contributed by atoms with Crippen LogP contribution >= 0.6 is 12.4 Å². The van der Waals surface area contributed by atoms with Crippen LogP contribution in [0.5, 0.6) is 5.75 Å². The molecule has 1 heterocycles. The van der Waals surface area contributed by atoms with E-state index in [0.29, 0.717) is 18.9 Å². The molecule has 0 bridgehead atoms. The number of halogens is 1. The van der Waals surface area contributed by atoms with Gasteiger partial charge < -0.3 is 20.9 Å². The van der Waals surface area contributed by atoms with E-state index in [2.05, 4.69) is 5.32 Å². The topological polar surface area (TPSA) is 84.6 Å². The van der Waals surface area contributed by atoms with Gasteiger partial charge in [0.1, 0.15) is 5.75 Å². The lowest BCUT2D eigenvalue weighted by atomic mass is 9.92. The van der Waals surface area contributed by atoms with Gasteiger partial charge in [-0.1, -0.05) is 0 Å². The highest BCUT2D eigenvalue weighted by molar-refractivity contribution is 5.94. The number of phenolic OH excluding ortho intramolecular Hbond substituents is 1. The summed E-state index contributed by atoms with van der Waals surface area (Å²) in [6.45, 7) is 1.34. The van der Waals surface area contributed by atoms with Crippen molar-refractivity contribution in [2.45, 2.75) is 18.9 Å². The molecule has 0 saturated carbocycles. The zero-order chi connectivity index (χ0) is 13.0. The van der Waals surface area contributed by atoms with Crippen molar-refractivity contribution in [3.05, 3.63) is 24.3 Å². The second kappa shape index (κ2) is 7.33. The van der Waals surface area contributed by atoms with Crippen molar-refractivity contribution in [3.8, 4) is 5.75 Å². The van der Waals surface area contributed by atoms with Gasteiger partial charge in [0.15, 0.2) is 0 Å². The number of carbonyl (C=O) groups is 1. The number of phenols is 1. The maximum absolute atomic E-state index is 12.0. The number of ether oxygens (including phenoxy) is 1. The van der Waals surface area contributed by atoms with Gasteiger partial charge in [-0.25, -0.2) is 0 Å². The second-order valence-electron chi connectivity index (χ2n) is 4.51. The molecule has 1 unspecified atom stereocenters. The lowest BCUT2D eigenvalue weighted by Gasteiger charge is -2.26. The van der Waals surface area contributed by atoms with E-state index in [1.807, 2.05) is 0 Å². The first kappa shape index (κ1) is 15.8. The number of benzene rings is 1. The van der Waals surface area contributed by atoms with Crippen molar-refractivity contribution in [3.63, 3.8) is 0 Å². The molecule has 6 heteroatoms. The molecule has 106 valence electrons. The number of nitrogens with one attached hydrogen (secondary N) is 1. The maximum atomic E-state index is 12.0. The van der Waals surface area contributed by atoms with E-state index in [0.717, 1.165) is 12.8 Å². The van der Waals surface area contributed by atoms with E-state index in [4.69, 9.17) is 15.6 Å². The number of hydrogen-bond donors (Lipinski definition) is 3. The van der Waals surface area contributed by atoms with Crippen LogP contribution in [0.3, 0.4) is 0 Å². The van der Waals surface area contributed by atoms with Crippen molar-refractivity contribution in [2.75, 3.05) is 18.5 Å². The minimum Gasteiger partial charge on any atom is -0.508 e. The average molecular weight is 287 g/mol. The Morgan fingerprint density at radius 2 is 1.89 bits per heavy atom. The van der Waals surface area contributed by atoms with Gasteiger partial charge in [-0.05, 0) is 43.0 Å². The molecular formula is C13H19ClN2O3. The minimum absolute atomic E-state index is 0. The molecule has 2 rings (SSSR count). The fourth-order valence-corrected chi connectivity index (χ4v) is 2.06. The Kier molecular flexibility index (Phi) is 6.08. The molecule has 4 N–H and O–H groups in total. The molecule has 1 saturated heterocycles. The molecule has 1 aromatic carbocycles. The number of amides is 1. The van der Waals surface area contributed by atoms with Crippen LogP contribution < -0.4 is 11.1 Å². The van der Waals surface area contributed by atoms with Crippen LogP contribution in [0.25, 0.3) is 0 Å². The molecule has 1 atom stereocenters. The molecule has 1 amide bonds. The molecule has 19 heavy (non-hydrogen) atoms. The quantitative estimate of drug-likeness (QED) is 0.735. The third-order valence-corrected chi connectivity index (χ3v) is 3.21. The van der Waals surface area contributed by atoms with Crippen molar-refractivity contribution >= 4 is 24.0 Å². The summed E-state index contributed by atoms with van der Waals surface area (Å²) in [5.41, 5.74) is 6.59. The highest BCUT2D eigenvalue weighted by Gasteiger charge is 2.26. The molecule has 1 aliphatic heterocycles. The lowest BCUT2D eigenvalue weighted by Crippen LogP contribution is -2.43. The van der Waals surface area contributed by atoms with Gasteiger partial charge in [-0.3, -0.25) is 4.79 Å². The Balaban J connectivity index is 0.00000180. The van der Waals surface area contributed by atoms with Crippen molar-refractivity contribution in [1.29, 1.82) is 0 Å². The number of nitrogens with two attached hydrogens (primary N) is 1. The summed E-state index contributed by atoms with van der Waals surface area (Å²) in [6, 6.07) is 5.82. The molecule has 1 aliphatic rings. The Labute approximate surface area is 118 Å². The van der Waals surface area contributed by atoms with Crippen molar-refractivity contribution in [1.82, 2.24) is 0 Å². The summed E-state index contributed by atoms with van der Waals surface area (Å²) in [5, 5.41) is 11.9. The van der Waals surface area contributed by atoms with Gasteiger partial charge in [0, 0.05) is 18.9 Å². The number of aromatic hydroxyl groups is 1. The predicted molar refractivity (Wildman–Crippen MR) is 75.5 cm³/mol. The molecule has 0 aliphatic carbocycles. The normalized spacial score (nSPS) is 17.3. The number of anilines is 1. The highest BCUT2D eigenvalue weighted by atomic mass is 35.5. The summed E-state index contributed by atoms with van der Waals surface area (Å²) in [5.74, 6) is 0.158. The van der Waals surface area contributed by atoms with Gasteiger partial charge in [0.05, 0.1) is 6.04 Å². The Bertz CT molecular complexity index is 405. The van der Waals surface area contributed by atoms with Crippen LogP contribution in [-0.2, 0) is 9.53 Å². The molecule has 0 radical (unpaired) electrons. The van der Waals surface area contributed by atoms with Gasteiger partial charge in [0.25, 0.3) is 0 Å². The Hall–Kier alpha value is -1.30. The third kappa shape index (κ3) is 4.38. The van der Waals surface area contributed by atoms with Crippen LogP contribution in [0.2, 0.25) is 0 Å². The van der Waals surface area contributed by atoms with E-state index in [9.17, 15) is 4.79 Å². The van der Waals surface area contributed by atoms with Gasteiger partial charge in [0.2, 0.25) is 5.91 Å². The summed E-state index contributed by atoms with van der Waals surface area (Å²) in [6.07, 6.45) is 1.65. The van der Waals surface area contributed by atoms with Crippen LogP contribution in [-0.4, -0.2) is 30.3 Å². The summed E-state index contributed by atoms with van der Waals surface area (Å²) in [7, 11) is 0. The maximum Gasteiger partial charge on any atom is 0.241 e. The van der Waals surface area contributed by atoms with Crippen molar-refractivity contribution in [2.24, 2.45) is 11.7 Å². The van der Waals surface area contributed by atoms with Crippen LogP contribution in [0.15, 0.2) is 24.3 Å². The standard InChI is InChI=1S/C13H18N2O3.ClH/c14-12(9-5-7-18-8-6-9)13(17)15-10-1-3-11(16)4-2-10;/h1-4,9,12,16H,5-8,14H2,(H,15,17);1H. The Morgan fingerprint density at radius 1 is 1.32 bits per heavy atom. The summed E-state index contributed by atoms with van der Waals surface area (Å²) >= 11 is 0. The van der Waals surface area contributed by atoms with E-state index >= 15 is 0 Å². The van der Waals surface area contributed by atoms with Crippen LogP contribution in [0, 0.1) is 5.92 Å². The highest BCUT2D eigenvalue weighted by Crippen LogP contribution is 2.19. The van der Waals surface area contributed by atoms with Crippen molar-refractivity contribution < 1.29 is 14.6 Å². The van der Waals surface area contributed by atoms with Gasteiger partial charge in [-0.15, -0.1) is 12.4 Å². The lowest BCUT2D eigenvalue weighted by molar-refractivity contribution is -0.119. The van der Waals surface area contributed by atoms with E-state index in [1.54, 1.807) is 12.1 Å². The fraction of sp³-hybridized carbons (Fsp3) is 0.462. The number of rotatable bonds is 3. The zero-order valence-electron chi connectivity index (χ0n) is 10.5. The molecule has 1 aromatic rings. The first-order valence-electron chi connectivity index (χ1n) is 6.10. The van der Waals surface area contributed by atoms with Gasteiger partial charge >= 0.3 is 0 Å². The van der Waals surface area contributed by atoms with Crippen LogP contribution in [0.4, 0.5) is 5.69 Å². The first-order chi connectivity index (χ1) is 8.66. The Morgan fingerprint density at radius 3 is 2.47 bits per heavy atom. The molecule has 0 aromatic heterocycles. The molecule has 1 fully saturated rings. The molecule has 5 nitrogen and oxygen atoms in total. The molecular weight excluding hydrogens is 268 g/mol. The monoisotopic (exact) mass is 286 g/mol. The van der Waals surface area contributed by atoms with Gasteiger partial charge in [-0.2, -0.15) is 0 Å². The SMILES string of the molecule is Cl.NC(C(=O)Nc1ccc(O)cc1)C1CCOCC1. The van der Waals surface area contributed by atoms with Crippen LogP contribution in [0.1, 0.15) is 12.8 Å². The number of hydrogen-bond acceptors (Lipinski definition) is 4.